The fourth-order valence-corrected chi connectivity index (χ4v) is 3.49. The third-order valence-electron chi connectivity index (χ3n) is 3.65. The number of anilines is 1. The molecule has 0 unspecified atom stereocenters. The first-order valence-electron chi connectivity index (χ1n) is 7.97. The Balaban J connectivity index is 2.02. The molecule has 0 aliphatic heterocycles. The number of pyridine rings is 1. The summed E-state index contributed by atoms with van der Waals surface area (Å²) in [6.07, 6.45) is 4.58. The van der Waals surface area contributed by atoms with E-state index in [1.165, 1.54) is 4.31 Å². The lowest BCUT2D eigenvalue weighted by atomic mass is 10.1. The van der Waals surface area contributed by atoms with Gasteiger partial charge >= 0.3 is 0 Å². The quantitative estimate of drug-likeness (QED) is 0.820. The first kappa shape index (κ1) is 18.9. The standard InChI is InChI=1S/C18H23N3O3S/c1-14-9-15(2)11-17(10-14)21(25(3,23)24)8-6-18(22)20-13-16-5-4-7-19-12-16/h4-5,7,9-12H,6,8,13H2,1-3H3,(H,20,22). The predicted octanol–water partition coefficient (Wildman–Crippen LogP) is 2.17. The second kappa shape index (κ2) is 8.11. The van der Waals surface area contributed by atoms with E-state index < -0.39 is 10.0 Å². The van der Waals surface area contributed by atoms with E-state index >= 15 is 0 Å². The minimum Gasteiger partial charge on any atom is -0.352 e. The van der Waals surface area contributed by atoms with Gasteiger partial charge in [-0.25, -0.2) is 8.42 Å². The van der Waals surface area contributed by atoms with Crippen molar-refractivity contribution in [3.05, 3.63) is 59.4 Å². The molecule has 7 heteroatoms. The van der Waals surface area contributed by atoms with Crippen LogP contribution in [0.3, 0.4) is 0 Å². The van der Waals surface area contributed by atoms with Crippen LogP contribution in [0, 0.1) is 13.8 Å². The van der Waals surface area contributed by atoms with Gasteiger partial charge in [-0.2, -0.15) is 0 Å². The average molecular weight is 361 g/mol. The third-order valence-corrected chi connectivity index (χ3v) is 4.84. The number of sulfonamides is 1. The van der Waals surface area contributed by atoms with E-state index in [2.05, 4.69) is 10.3 Å². The van der Waals surface area contributed by atoms with Crippen molar-refractivity contribution in [3.8, 4) is 0 Å². The number of nitrogens with zero attached hydrogens (tertiary/aromatic N) is 2. The second-order valence-corrected chi connectivity index (χ2v) is 7.98. The highest BCUT2D eigenvalue weighted by molar-refractivity contribution is 7.92. The molecule has 0 bridgehead atoms. The number of nitrogens with one attached hydrogen (secondary N) is 1. The lowest BCUT2D eigenvalue weighted by Crippen LogP contribution is -2.34. The van der Waals surface area contributed by atoms with E-state index in [-0.39, 0.29) is 18.9 Å². The smallest absolute Gasteiger partial charge is 0.232 e. The molecule has 0 saturated heterocycles. The summed E-state index contributed by atoms with van der Waals surface area (Å²) in [6.45, 7) is 4.30. The van der Waals surface area contributed by atoms with Crippen LogP contribution in [-0.2, 0) is 21.4 Å². The molecule has 0 aliphatic carbocycles. The number of hydrogen-bond acceptors (Lipinski definition) is 4. The Morgan fingerprint density at radius 1 is 1.20 bits per heavy atom. The van der Waals surface area contributed by atoms with Crippen molar-refractivity contribution in [2.75, 3.05) is 17.1 Å². The SMILES string of the molecule is Cc1cc(C)cc(N(CCC(=O)NCc2cccnc2)S(C)(=O)=O)c1. The van der Waals surface area contributed by atoms with Crippen molar-refractivity contribution < 1.29 is 13.2 Å². The summed E-state index contributed by atoms with van der Waals surface area (Å²) in [4.78, 5) is 16.0. The summed E-state index contributed by atoms with van der Waals surface area (Å²) in [7, 11) is -3.47. The summed E-state index contributed by atoms with van der Waals surface area (Å²) in [6, 6.07) is 9.26. The highest BCUT2D eigenvalue weighted by Crippen LogP contribution is 2.21. The van der Waals surface area contributed by atoms with Crippen LogP contribution in [0.1, 0.15) is 23.1 Å². The van der Waals surface area contributed by atoms with Gasteiger partial charge in [-0.15, -0.1) is 0 Å². The Labute approximate surface area is 148 Å². The minimum absolute atomic E-state index is 0.0837. The largest absolute Gasteiger partial charge is 0.352 e. The fourth-order valence-electron chi connectivity index (χ4n) is 2.58. The van der Waals surface area contributed by atoms with Gasteiger partial charge in [-0.1, -0.05) is 12.1 Å². The third kappa shape index (κ3) is 5.86. The molecule has 0 atom stereocenters. The second-order valence-electron chi connectivity index (χ2n) is 6.07. The molecule has 1 amide bonds. The highest BCUT2D eigenvalue weighted by Gasteiger charge is 2.19. The predicted molar refractivity (Wildman–Crippen MR) is 98.8 cm³/mol. The molecule has 6 nitrogen and oxygen atoms in total. The molecule has 0 spiro atoms. The van der Waals surface area contributed by atoms with Crippen LogP contribution in [0.15, 0.2) is 42.7 Å². The van der Waals surface area contributed by atoms with Gasteiger partial charge in [-0.3, -0.25) is 14.1 Å². The highest BCUT2D eigenvalue weighted by atomic mass is 32.2. The number of amides is 1. The fraction of sp³-hybridized carbons (Fsp3) is 0.333. The average Bonchev–Trinajstić information content (AvgIpc) is 2.52. The number of carbonyl (C=O) groups is 1. The molecule has 0 radical (unpaired) electrons. The normalized spacial score (nSPS) is 11.2. The van der Waals surface area contributed by atoms with Crippen LogP contribution in [0.5, 0.6) is 0 Å². The zero-order valence-electron chi connectivity index (χ0n) is 14.7. The minimum atomic E-state index is -3.47. The van der Waals surface area contributed by atoms with Crippen molar-refractivity contribution in [2.45, 2.75) is 26.8 Å². The molecule has 2 rings (SSSR count). The maximum absolute atomic E-state index is 12.1. The van der Waals surface area contributed by atoms with Gasteiger partial charge in [0.15, 0.2) is 0 Å². The van der Waals surface area contributed by atoms with Crippen molar-refractivity contribution in [1.82, 2.24) is 10.3 Å². The lowest BCUT2D eigenvalue weighted by Gasteiger charge is -2.23. The molecule has 1 heterocycles. The van der Waals surface area contributed by atoms with Crippen LogP contribution in [-0.4, -0.2) is 32.1 Å². The van der Waals surface area contributed by atoms with Gasteiger partial charge in [0.1, 0.15) is 0 Å². The van der Waals surface area contributed by atoms with Crippen LogP contribution < -0.4 is 9.62 Å². The molecule has 0 saturated carbocycles. The van der Waals surface area contributed by atoms with Gasteiger partial charge in [0, 0.05) is 31.9 Å². The number of carbonyl (C=O) groups excluding carboxylic acids is 1. The van der Waals surface area contributed by atoms with Crippen LogP contribution in [0.25, 0.3) is 0 Å². The summed E-state index contributed by atoms with van der Waals surface area (Å²) in [5, 5.41) is 2.78. The van der Waals surface area contributed by atoms with Gasteiger partial charge < -0.3 is 5.32 Å². The molecule has 1 N–H and O–H groups in total. The Bertz CT molecular complexity index is 816. The maximum atomic E-state index is 12.1. The van der Waals surface area contributed by atoms with Crippen molar-refractivity contribution in [1.29, 1.82) is 0 Å². The first-order chi connectivity index (χ1) is 11.8. The monoisotopic (exact) mass is 361 g/mol. The lowest BCUT2D eigenvalue weighted by molar-refractivity contribution is -0.121. The zero-order chi connectivity index (χ0) is 18.4. The van der Waals surface area contributed by atoms with E-state index in [1.54, 1.807) is 18.5 Å². The topological polar surface area (TPSA) is 79.4 Å². The van der Waals surface area contributed by atoms with Gasteiger partial charge in [0.25, 0.3) is 0 Å². The van der Waals surface area contributed by atoms with Crippen LogP contribution >= 0.6 is 0 Å². The molecule has 2 aromatic rings. The Hall–Kier alpha value is -2.41. The van der Waals surface area contributed by atoms with Gasteiger partial charge in [0.2, 0.25) is 15.9 Å². The molecular formula is C18H23N3O3S. The van der Waals surface area contributed by atoms with E-state index in [0.717, 1.165) is 22.9 Å². The number of aryl methyl sites for hydroxylation is 2. The summed E-state index contributed by atoms with van der Waals surface area (Å²) < 4.78 is 25.5. The Morgan fingerprint density at radius 2 is 1.88 bits per heavy atom. The Morgan fingerprint density at radius 3 is 2.44 bits per heavy atom. The van der Waals surface area contributed by atoms with Gasteiger partial charge in [0.05, 0.1) is 11.9 Å². The maximum Gasteiger partial charge on any atom is 0.232 e. The van der Waals surface area contributed by atoms with E-state index in [9.17, 15) is 13.2 Å². The molecule has 1 aromatic heterocycles. The van der Waals surface area contributed by atoms with E-state index in [1.807, 2.05) is 38.1 Å². The number of rotatable bonds is 7. The number of benzene rings is 1. The summed E-state index contributed by atoms with van der Waals surface area (Å²) in [5.74, 6) is -0.207. The molecule has 25 heavy (non-hydrogen) atoms. The van der Waals surface area contributed by atoms with Crippen molar-refractivity contribution in [2.24, 2.45) is 0 Å². The molecule has 0 aliphatic rings. The van der Waals surface area contributed by atoms with E-state index in [0.29, 0.717) is 12.2 Å². The zero-order valence-corrected chi connectivity index (χ0v) is 15.5. The summed E-state index contributed by atoms with van der Waals surface area (Å²) >= 11 is 0. The van der Waals surface area contributed by atoms with Crippen LogP contribution in [0.4, 0.5) is 5.69 Å². The Kier molecular flexibility index (Phi) is 6.14. The van der Waals surface area contributed by atoms with E-state index in [4.69, 9.17) is 0 Å². The van der Waals surface area contributed by atoms with Gasteiger partial charge in [-0.05, 0) is 48.7 Å². The first-order valence-corrected chi connectivity index (χ1v) is 9.82. The van der Waals surface area contributed by atoms with Crippen LogP contribution in [0.2, 0.25) is 0 Å². The van der Waals surface area contributed by atoms with Crippen molar-refractivity contribution >= 4 is 21.6 Å². The molecule has 0 fully saturated rings. The number of hydrogen-bond donors (Lipinski definition) is 1. The van der Waals surface area contributed by atoms with Crippen molar-refractivity contribution in [3.63, 3.8) is 0 Å². The molecular weight excluding hydrogens is 338 g/mol. The molecule has 1 aromatic carbocycles. The number of aromatic nitrogens is 1. The summed E-state index contributed by atoms with van der Waals surface area (Å²) in [5.41, 5.74) is 3.43. The molecule has 134 valence electrons.